The molecule has 158 valence electrons. The number of esters is 1. The van der Waals surface area contributed by atoms with Gasteiger partial charge in [0, 0.05) is 16.6 Å². The molecule has 0 amide bonds. The number of phenols is 1. The van der Waals surface area contributed by atoms with Crippen LogP contribution in [0.25, 0.3) is 10.9 Å². The van der Waals surface area contributed by atoms with Gasteiger partial charge in [0.25, 0.3) is 5.91 Å². The van der Waals surface area contributed by atoms with E-state index in [1.54, 1.807) is 13.8 Å². The first-order chi connectivity index (χ1) is 14.2. The summed E-state index contributed by atoms with van der Waals surface area (Å²) in [6.07, 6.45) is 0.643. The van der Waals surface area contributed by atoms with Crippen LogP contribution in [0.3, 0.4) is 0 Å². The summed E-state index contributed by atoms with van der Waals surface area (Å²) in [6, 6.07) is 7.03. The molecule has 0 bridgehead atoms. The summed E-state index contributed by atoms with van der Waals surface area (Å²) in [7, 11) is 0. The highest BCUT2D eigenvalue weighted by molar-refractivity contribution is 6.42. The number of ether oxygens (including phenoxy) is 1. The normalized spacial score (nSPS) is 12.2. The van der Waals surface area contributed by atoms with Crippen LogP contribution in [0, 0.1) is 12.7 Å². The molecule has 1 atom stereocenters. The van der Waals surface area contributed by atoms with E-state index in [0.717, 1.165) is 0 Å². The van der Waals surface area contributed by atoms with E-state index in [4.69, 9.17) is 27.9 Å². The minimum atomic E-state index is -0.901. The van der Waals surface area contributed by atoms with E-state index in [-0.39, 0.29) is 33.7 Å². The lowest BCUT2D eigenvalue weighted by molar-refractivity contribution is -0.145. The fourth-order valence-electron chi connectivity index (χ4n) is 3.47. The lowest BCUT2D eigenvalue weighted by atomic mass is 9.97. The fraction of sp³-hybridized carbons (Fsp3) is 0.273. The molecule has 3 rings (SSSR count). The second-order valence-electron chi connectivity index (χ2n) is 6.95. The number of halogens is 3. The number of fused-ring (bicyclic) bond motifs is 1. The molecule has 2 aromatic carbocycles. The maximum atomic E-state index is 14.9. The number of benzene rings is 2. The Balaban J connectivity index is 2.24. The third kappa shape index (κ3) is 3.77. The van der Waals surface area contributed by atoms with Crippen LogP contribution in [0.1, 0.15) is 47.8 Å². The van der Waals surface area contributed by atoms with Gasteiger partial charge < -0.3 is 9.84 Å². The van der Waals surface area contributed by atoms with E-state index >= 15 is 0 Å². The number of carbonyl (C=O) groups excluding carboxylic acids is 2. The molecule has 5 nitrogen and oxygen atoms in total. The second-order valence-corrected chi connectivity index (χ2v) is 7.76. The van der Waals surface area contributed by atoms with Gasteiger partial charge in [-0.15, -0.1) is 0 Å². The Morgan fingerprint density at radius 3 is 2.53 bits per heavy atom. The highest BCUT2D eigenvalue weighted by atomic mass is 35.5. The highest BCUT2D eigenvalue weighted by Gasteiger charge is 2.30. The van der Waals surface area contributed by atoms with Crippen LogP contribution in [-0.4, -0.2) is 28.2 Å². The van der Waals surface area contributed by atoms with Crippen molar-refractivity contribution in [2.24, 2.45) is 0 Å². The quantitative estimate of drug-likeness (QED) is 0.494. The minimum Gasteiger partial charge on any atom is -0.505 e. The molecule has 0 aliphatic carbocycles. The molecule has 0 aliphatic heterocycles. The Hall–Kier alpha value is -2.57. The predicted octanol–water partition coefficient (Wildman–Crippen LogP) is 5.85. The zero-order valence-electron chi connectivity index (χ0n) is 16.6. The molecule has 3 aromatic rings. The van der Waals surface area contributed by atoms with Crippen molar-refractivity contribution in [3.63, 3.8) is 0 Å². The number of phenolic OH excluding ortho intramolecular Hbond substituents is 1. The standard InChI is InChI=1S/C22H20Cl2FNO4/c1-4-9-30-22(29)11(2)18-12(3)26(16-7-8-17(27)20(25)19(16)18)21(28)13-5-6-14(23)15(24)10-13/h5-8,10-11,27H,4,9H2,1-3H3. The molecular formula is C22H20Cl2FNO4. The van der Waals surface area contributed by atoms with Crippen molar-refractivity contribution >= 4 is 46.0 Å². The van der Waals surface area contributed by atoms with Gasteiger partial charge in [0.15, 0.2) is 11.6 Å². The maximum Gasteiger partial charge on any atom is 0.313 e. The number of rotatable bonds is 5. The second kappa shape index (κ2) is 8.66. The molecule has 0 spiro atoms. The summed E-state index contributed by atoms with van der Waals surface area (Å²) in [6.45, 7) is 5.29. The summed E-state index contributed by atoms with van der Waals surface area (Å²) in [5.74, 6) is -3.33. The van der Waals surface area contributed by atoms with Gasteiger partial charge in [-0.05, 0) is 56.2 Å². The van der Waals surface area contributed by atoms with Crippen LogP contribution in [0.15, 0.2) is 30.3 Å². The molecule has 0 fully saturated rings. The summed E-state index contributed by atoms with van der Waals surface area (Å²) < 4.78 is 21.5. The Bertz CT molecular complexity index is 1160. The first-order valence-corrected chi connectivity index (χ1v) is 10.1. The third-order valence-electron chi connectivity index (χ3n) is 4.94. The zero-order chi connectivity index (χ0) is 22.2. The zero-order valence-corrected chi connectivity index (χ0v) is 18.1. The number of hydrogen-bond acceptors (Lipinski definition) is 4. The molecule has 1 aromatic heterocycles. The van der Waals surface area contributed by atoms with Crippen molar-refractivity contribution in [2.75, 3.05) is 6.61 Å². The van der Waals surface area contributed by atoms with Crippen molar-refractivity contribution in [3.8, 4) is 5.75 Å². The Labute approximate surface area is 183 Å². The largest absolute Gasteiger partial charge is 0.505 e. The molecular weight excluding hydrogens is 432 g/mol. The topological polar surface area (TPSA) is 68.5 Å². The van der Waals surface area contributed by atoms with Gasteiger partial charge in [0.2, 0.25) is 0 Å². The van der Waals surface area contributed by atoms with E-state index in [0.29, 0.717) is 17.1 Å². The summed E-state index contributed by atoms with van der Waals surface area (Å²) >= 11 is 12.0. The monoisotopic (exact) mass is 451 g/mol. The number of aromatic nitrogens is 1. The van der Waals surface area contributed by atoms with E-state index in [2.05, 4.69) is 0 Å². The van der Waals surface area contributed by atoms with Crippen molar-refractivity contribution in [1.82, 2.24) is 4.57 Å². The van der Waals surface area contributed by atoms with Crippen LogP contribution in [-0.2, 0) is 9.53 Å². The molecule has 1 heterocycles. The van der Waals surface area contributed by atoms with E-state index in [1.807, 2.05) is 6.92 Å². The molecule has 1 N–H and O–H groups in total. The summed E-state index contributed by atoms with van der Waals surface area (Å²) in [4.78, 5) is 25.8. The van der Waals surface area contributed by atoms with Gasteiger partial charge in [-0.1, -0.05) is 30.1 Å². The van der Waals surface area contributed by atoms with Gasteiger partial charge in [-0.3, -0.25) is 14.2 Å². The first kappa shape index (κ1) is 22.1. The SMILES string of the molecule is CCCOC(=O)C(C)c1c(C)n(C(=O)c2ccc(Cl)c(Cl)c2)c2ccc(O)c(F)c12. The summed E-state index contributed by atoms with van der Waals surface area (Å²) in [5, 5.41) is 10.4. The fourth-order valence-corrected chi connectivity index (χ4v) is 3.77. The molecule has 8 heteroatoms. The Morgan fingerprint density at radius 1 is 1.20 bits per heavy atom. The molecule has 0 aliphatic rings. The number of carbonyl (C=O) groups is 2. The molecule has 0 saturated carbocycles. The maximum absolute atomic E-state index is 14.9. The van der Waals surface area contributed by atoms with Crippen LogP contribution in [0.5, 0.6) is 5.75 Å². The van der Waals surface area contributed by atoms with E-state index in [9.17, 15) is 19.1 Å². The number of hydrogen-bond donors (Lipinski definition) is 1. The minimum absolute atomic E-state index is 0.00172. The number of aromatic hydroxyl groups is 1. The van der Waals surface area contributed by atoms with Crippen LogP contribution in [0.2, 0.25) is 10.0 Å². The van der Waals surface area contributed by atoms with Crippen LogP contribution >= 0.6 is 23.2 Å². The van der Waals surface area contributed by atoms with E-state index < -0.39 is 29.4 Å². The average molecular weight is 452 g/mol. The van der Waals surface area contributed by atoms with Crippen molar-refractivity contribution < 1.29 is 23.8 Å². The van der Waals surface area contributed by atoms with E-state index in [1.165, 1.54) is 34.9 Å². The van der Waals surface area contributed by atoms with Crippen molar-refractivity contribution in [1.29, 1.82) is 0 Å². The van der Waals surface area contributed by atoms with Gasteiger partial charge in [-0.25, -0.2) is 4.39 Å². The smallest absolute Gasteiger partial charge is 0.313 e. The molecule has 1 unspecified atom stereocenters. The van der Waals surface area contributed by atoms with Crippen LogP contribution in [0.4, 0.5) is 4.39 Å². The lowest BCUT2D eigenvalue weighted by Gasteiger charge is -2.13. The Kier molecular flexibility index (Phi) is 6.38. The first-order valence-electron chi connectivity index (χ1n) is 9.37. The van der Waals surface area contributed by atoms with Crippen molar-refractivity contribution in [2.45, 2.75) is 33.1 Å². The highest BCUT2D eigenvalue weighted by Crippen LogP contribution is 2.38. The van der Waals surface area contributed by atoms with Gasteiger partial charge in [0.1, 0.15) is 0 Å². The van der Waals surface area contributed by atoms with Gasteiger partial charge >= 0.3 is 5.97 Å². The molecule has 0 radical (unpaired) electrons. The lowest BCUT2D eigenvalue weighted by Crippen LogP contribution is -2.17. The molecule has 0 saturated heterocycles. The third-order valence-corrected chi connectivity index (χ3v) is 5.68. The van der Waals surface area contributed by atoms with Gasteiger partial charge in [0.05, 0.1) is 28.1 Å². The van der Waals surface area contributed by atoms with Crippen LogP contribution < -0.4 is 0 Å². The predicted molar refractivity (Wildman–Crippen MR) is 114 cm³/mol. The Morgan fingerprint density at radius 2 is 1.90 bits per heavy atom. The van der Waals surface area contributed by atoms with Crippen molar-refractivity contribution in [3.05, 3.63) is 63.0 Å². The number of nitrogens with zero attached hydrogens (tertiary/aromatic N) is 1. The average Bonchev–Trinajstić information content (AvgIpc) is 3.02. The van der Waals surface area contributed by atoms with Gasteiger partial charge in [-0.2, -0.15) is 0 Å². The molecule has 30 heavy (non-hydrogen) atoms. The summed E-state index contributed by atoms with van der Waals surface area (Å²) in [5.41, 5.74) is 1.12.